The highest BCUT2D eigenvalue weighted by atomic mass is 16.5. The highest BCUT2D eigenvalue weighted by molar-refractivity contribution is 5.78. The van der Waals surface area contributed by atoms with Gasteiger partial charge in [-0.1, -0.05) is 31.4 Å². The van der Waals surface area contributed by atoms with Gasteiger partial charge in [0.1, 0.15) is 11.8 Å². The highest BCUT2D eigenvalue weighted by Crippen LogP contribution is 2.31. The van der Waals surface area contributed by atoms with Crippen LogP contribution < -0.4 is 10.1 Å². The molecule has 0 heterocycles. The Morgan fingerprint density at radius 3 is 2.63 bits per heavy atom. The van der Waals surface area contributed by atoms with Gasteiger partial charge in [0.25, 0.3) is 0 Å². The molecule has 0 saturated heterocycles. The molecule has 4 heteroatoms. The number of carboxylic acids is 1. The van der Waals surface area contributed by atoms with Crippen LogP contribution in [0.25, 0.3) is 0 Å². The molecule has 1 unspecified atom stereocenters. The quantitative estimate of drug-likeness (QED) is 0.856. The van der Waals surface area contributed by atoms with E-state index in [1.54, 1.807) is 7.11 Å². The van der Waals surface area contributed by atoms with Gasteiger partial charge in [-0.15, -0.1) is 0 Å². The predicted molar refractivity (Wildman–Crippen MR) is 74.6 cm³/mol. The molecule has 1 fully saturated rings. The van der Waals surface area contributed by atoms with Crippen molar-refractivity contribution < 1.29 is 14.6 Å². The molecular weight excluding hydrogens is 242 g/mol. The fourth-order valence-electron chi connectivity index (χ4n) is 2.78. The first kappa shape index (κ1) is 13.7. The minimum atomic E-state index is -0.780. The lowest BCUT2D eigenvalue weighted by Gasteiger charge is -2.29. The lowest BCUT2D eigenvalue weighted by atomic mass is 9.84. The van der Waals surface area contributed by atoms with Crippen molar-refractivity contribution in [2.45, 2.75) is 38.1 Å². The third-order valence-electron chi connectivity index (χ3n) is 3.81. The minimum absolute atomic E-state index is 0.205. The molecule has 0 bridgehead atoms. The molecule has 0 spiro atoms. The second kappa shape index (κ2) is 6.45. The van der Waals surface area contributed by atoms with E-state index in [4.69, 9.17) is 4.74 Å². The summed E-state index contributed by atoms with van der Waals surface area (Å²) in [6.45, 7) is 0. The van der Waals surface area contributed by atoms with Crippen molar-refractivity contribution in [2.75, 3.05) is 12.4 Å². The van der Waals surface area contributed by atoms with E-state index in [0.29, 0.717) is 5.75 Å². The van der Waals surface area contributed by atoms with Gasteiger partial charge in [-0.2, -0.15) is 0 Å². The Labute approximate surface area is 113 Å². The number of para-hydroxylation sites is 2. The van der Waals surface area contributed by atoms with E-state index in [1.165, 1.54) is 6.42 Å². The van der Waals surface area contributed by atoms with E-state index < -0.39 is 12.0 Å². The van der Waals surface area contributed by atoms with Crippen LogP contribution in [0.4, 0.5) is 5.69 Å². The Hall–Kier alpha value is -1.71. The van der Waals surface area contributed by atoms with Crippen molar-refractivity contribution in [3.05, 3.63) is 24.3 Å². The summed E-state index contributed by atoms with van der Waals surface area (Å²) in [4.78, 5) is 11.5. The minimum Gasteiger partial charge on any atom is -0.495 e. The summed E-state index contributed by atoms with van der Waals surface area (Å²) in [5, 5.41) is 12.6. The molecule has 2 rings (SSSR count). The first-order chi connectivity index (χ1) is 9.22. The molecule has 1 aliphatic rings. The largest absolute Gasteiger partial charge is 0.495 e. The fourth-order valence-corrected chi connectivity index (χ4v) is 2.78. The summed E-state index contributed by atoms with van der Waals surface area (Å²) >= 11 is 0. The van der Waals surface area contributed by atoms with Crippen molar-refractivity contribution >= 4 is 11.7 Å². The predicted octanol–water partition coefficient (Wildman–Crippen LogP) is 3.14. The molecule has 2 N–H and O–H groups in total. The number of carboxylic acid groups (broad SMARTS) is 1. The van der Waals surface area contributed by atoms with Gasteiger partial charge in [0, 0.05) is 0 Å². The summed E-state index contributed by atoms with van der Waals surface area (Å²) in [5.74, 6) is 0.110. The van der Waals surface area contributed by atoms with Crippen molar-refractivity contribution in [3.63, 3.8) is 0 Å². The molecule has 0 amide bonds. The molecular formula is C15H21NO3. The second-order valence-electron chi connectivity index (χ2n) is 5.06. The monoisotopic (exact) mass is 263 g/mol. The molecule has 0 aliphatic heterocycles. The summed E-state index contributed by atoms with van der Waals surface area (Å²) in [6, 6.07) is 6.92. The molecule has 1 aromatic carbocycles. The van der Waals surface area contributed by atoms with E-state index in [0.717, 1.165) is 31.4 Å². The maximum Gasteiger partial charge on any atom is 0.326 e. The first-order valence-electron chi connectivity index (χ1n) is 6.84. The van der Waals surface area contributed by atoms with E-state index in [-0.39, 0.29) is 5.92 Å². The number of nitrogens with one attached hydrogen (secondary N) is 1. The maximum atomic E-state index is 11.5. The Morgan fingerprint density at radius 2 is 2.00 bits per heavy atom. The molecule has 0 aromatic heterocycles. The molecule has 0 radical (unpaired) electrons. The highest BCUT2D eigenvalue weighted by Gasteiger charge is 2.29. The molecule has 104 valence electrons. The fraction of sp³-hybridized carbons (Fsp3) is 0.533. The molecule has 1 atom stereocenters. The third-order valence-corrected chi connectivity index (χ3v) is 3.81. The molecule has 4 nitrogen and oxygen atoms in total. The van der Waals surface area contributed by atoms with E-state index in [2.05, 4.69) is 5.32 Å². The Morgan fingerprint density at radius 1 is 1.32 bits per heavy atom. The van der Waals surface area contributed by atoms with Crippen LogP contribution in [0.2, 0.25) is 0 Å². The van der Waals surface area contributed by atoms with E-state index in [1.807, 2.05) is 24.3 Å². The number of carbonyl (C=O) groups is 1. The Bertz CT molecular complexity index is 427. The zero-order valence-corrected chi connectivity index (χ0v) is 11.3. The van der Waals surface area contributed by atoms with Gasteiger partial charge in [-0.25, -0.2) is 4.79 Å². The van der Waals surface area contributed by atoms with E-state index in [9.17, 15) is 9.90 Å². The summed E-state index contributed by atoms with van der Waals surface area (Å²) in [7, 11) is 1.59. The number of methoxy groups -OCH3 is 1. The first-order valence-corrected chi connectivity index (χ1v) is 6.84. The zero-order valence-electron chi connectivity index (χ0n) is 11.3. The number of rotatable bonds is 5. The van der Waals surface area contributed by atoms with Crippen LogP contribution in [0.1, 0.15) is 32.1 Å². The van der Waals surface area contributed by atoms with Gasteiger partial charge in [0.15, 0.2) is 0 Å². The van der Waals surface area contributed by atoms with Crippen LogP contribution in [0, 0.1) is 5.92 Å². The third kappa shape index (κ3) is 3.40. The molecule has 1 aliphatic carbocycles. The van der Waals surface area contributed by atoms with Crippen molar-refractivity contribution in [1.82, 2.24) is 0 Å². The molecule has 19 heavy (non-hydrogen) atoms. The van der Waals surface area contributed by atoms with Crippen LogP contribution in [-0.4, -0.2) is 24.2 Å². The maximum absolute atomic E-state index is 11.5. The van der Waals surface area contributed by atoms with Crippen LogP contribution in [0.3, 0.4) is 0 Å². The normalized spacial score (nSPS) is 17.7. The zero-order chi connectivity index (χ0) is 13.7. The molecule has 1 aromatic rings. The standard InChI is InChI=1S/C15H21NO3/c1-19-13-10-6-5-9-12(13)16-14(15(17)18)11-7-3-2-4-8-11/h5-6,9-11,14,16H,2-4,7-8H2,1H3,(H,17,18). The summed E-state index contributed by atoms with van der Waals surface area (Å²) in [5.41, 5.74) is 0.753. The smallest absolute Gasteiger partial charge is 0.326 e. The van der Waals surface area contributed by atoms with Gasteiger partial charge in [-0.3, -0.25) is 0 Å². The lowest BCUT2D eigenvalue weighted by molar-refractivity contribution is -0.139. The second-order valence-corrected chi connectivity index (χ2v) is 5.06. The van der Waals surface area contributed by atoms with Gasteiger partial charge >= 0.3 is 5.97 Å². The van der Waals surface area contributed by atoms with Crippen molar-refractivity contribution in [3.8, 4) is 5.75 Å². The van der Waals surface area contributed by atoms with Crippen LogP contribution in [0.5, 0.6) is 5.75 Å². The SMILES string of the molecule is COc1ccccc1NC(C(=O)O)C1CCCCC1. The number of hydrogen-bond acceptors (Lipinski definition) is 3. The lowest BCUT2D eigenvalue weighted by Crippen LogP contribution is -2.38. The number of anilines is 1. The number of hydrogen-bond donors (Lipinski definition) is 2. The van der Waals surface area contributed by atoms with Gasteiger partial charge in [0.2, 0.25) is 0 Å². The summed E-state index contributed by atoms with van der Waals surface area (Å²) in [6.07, 6.45) is 5.44. The number of aliphatic carboxylic acids is 1. The average molecular weight is 263 g/mol. The average Bonchev–Trinajstić information content (AvgIpc) is 2.45. The summed E-state index contributed by atoms with van der Waals surface area (Å²) < 4.78 is 5.26. The van der Waals surface area contributed by atoms with Crippen LogP contribution in [-0.2, 0) is 4.79 Å². The van der Waals surface area contributed by atoms with Crippen LogP contribution >= 0.6 is 0 Å². The number of ether oxygens (including phenoxy) is 1. The Balaban J connectivity index is 2.13. The van der Waals surface area contributed by atoms with Gasteiger partial charge in [-0.05, 0) is 30.9 Å². The Kier molecular flexibility index (Phi) is 4.66. The van der Waals surface area contributed by atoms with Gasteiger partial charge in [0.05, 0.1) is 12.8 Å². The molecule has 1 saturated carbocycles. The topological polar surface area (TPSA) is 58.6 Å². The van der Waals surface area contributed by atoms with Crippen molar-refractivity contribution in [1.29, 1.82) is 0 Å². The van der Waals surface area contributed by atoms with Crippen molar-refractivity contribution in [2.24, 2.45) is 5.92 Å². The van der Waals surface area contributed by atoms with Crippen LogP contribution in [0.15, 0.2) is 24.3 Å². The number of benzene rings is 1. The van der Waals surface area contributed by atoms with E-state index >= 15 is 0 Å². The van der Waals surface area contributed by atoms with Gasteiger partial charge < -0.3 is 15.2 Å².